The van der Waals surface area contributed by atoms with Crippen molar-refractivity contribution in [3.05, 3.63) is 24.3 Å². The van der Waals surface area contributed by atoms with Crippen molar-refractivity contribution < 1.29 is 26.7 Å². The molecular weight excluding hydrogens is 356 g/mol. The fourth-order valence-corrected chi connectivity index (χ4v) is 3.22. The highest BCUT2D eigenvalue weighted by Gasteiger charge is 2.32. The fraction of sp³-hybridized carbons (Fsp3) is 0.533. The molecule has 0 saturated heterocycles. The average Bonchev–Trinajstić information content (AvgIpc) is 2.57. The van der Waals surface area contributed by atoms with E-state index in [1.54, 1.807) is 13.8 Å². The van der Waals surface area contributed by atoms with Crippen molar-refractivity contribution in [3.8, 4) is 5.75 Å². The summed E-state index contributed by atoms with van der Waals surface area (Å²) in [6.07, 6.45) is 0. The Hall–Kier alpha value is -1.78. The van der Waals surface area contributed by atoms with Crippen LogP contribution in [0.25, 0.3) is 0 Å². The van der Waals surface area contributed by atoms with Crippen LogP contribution in [0.4, 0.5) is 8.78 Å². The van der Waals surface area contributed by atoms with Gasteiger partial charge >= 0.3 is 0 Å². The number of halogens is 2. The van der Waals surface area contributed by atoms with E-state index < -0.39 is 46.9 Å². The first-order valence-electron chi connectivity index (χ1n) is 7.54. The van der Waals surface area contributed by atoms with Crippen molar-refractivity contribution in [1.82, 2.24) is 10.0 Å². The van der Waals surface area contributed by atoms with E-state index in [2.05, 4.69) is 4.72 Å². The number of sulfonamides is 1. The van der Waals surface area contributed by atoms with E-state index in [9.17, 15) is 22.0 Å². The van der Waals surface area contributed by atoms with E-state index in [0.717, 1.165) is 0 Å². The molecule has 25 heavy (non-hydrogen) atoms. The zero-order chi connectivity index (χ0) is 19.3. The molecule has 1 aromatic carbocycles. The molecule has 0 fully saturated rings. The van der Waals surface area contributed by atoms with Gasteiger partial charge in [-0.25, -0.2) is 17.2 Å². The van der Waals surface area contributed by atoms with Crippen LogP contribution in [0.5, 0.6) is 5.75 Å². The minimum Gasteiger partial charge on any atom is -0.497 e. The molecule has 1 atom stereocenters. The van der Waals surface area contributed by atoms with Crippen molar-refractivity contribution >= 4 is 15.9 Å². The summed E-state index contributed by atoms with van der Waals surface area (Å²) in [5.74, 6) is -4.09. The Labute approximate surface area is 146 Å². The molecule has 0 aliphatic carbocycles. The highest BCUT2D eigenvalue weighted by Crippen LogP contribution is 2.17. The number of methoxy groups -OCH3 is 1. The van der Waals surface area contributed by atoms with Crippen molar-refractivity contribution in [1.29, 1.82) is 0 Å². The number of rotatable bonds is 9. The van der Waals surface area contributed by atoms with Gasteiger partial charge in [-0.05, 0) is 30.2 Å². The molecule has 7 nitrogen and oxygen atoms in total. The average molecular weight is 379 g/mol. The van der Waals surface area contributed by atoms with Gasteiger partial charge in [-0.2, -0.15) is 4.72 Å². The largest absolute Gasteiger partial charge is 0.497 e. The fourth-order valence-electron chi connectivity index (χ4n) is 1.88. The first-order chi connectivity index (χ1) is 11.5. The van der Waals surface area contributed by atoms with Gasteiger partial charge < -0.3 is 15.8 Å². The molecule has 0 aliphatic heterocycles. The Morgan fingerprint density at radius 1 is 1.28 bits per heavy atom. The standard InChI is InChI=1S/C15H23F2N3O4S/c1-10(2)13(14(21)19-9-15(16,17)8-18)20-25(22,23)12-6-4-11(24-3)5-7-12/h4-7,10,13,20H,8-9,18H2,1-3H3,(H,19,21). The number of amides is 1. The van der Waals surface area contributed by atoms with Gasteiger partial charge in [0.25, 0.3) is 5.92 Å². The van der Waals surface area contributed by atoms with Gasteiger partial charge in [-0.1, -0.05) is 13.8 Å². The third-order valence-electron chi connectivity index (χ3n) is 3.42. The Kier molecular flexibility index (Phi) is 7.27. The number of benzene rings is 1. The lowest BCUT2D eigenvalue weighted by Crippen LogP contribution is -2.52. The number of hydrogen-bond donors (Lipinski definition) is 3. The number of nitrogens with two attached hydrogens (primary N) is 1. The molecule has 142 valence electrons. The Bertz CT molecular complexity index is 679. The maximum absolute atomic E-state index is 13.2. The maximum Gasteiger partial charge on any atom is 0.277 e. The second kappa shape index (κ2) is 8.54. The molecule has 1 rings (SSSR count). The molecule has 10 heteroatoms. The smallest absolute Gasteiger partial charge is 0.277 e. The van der Waals surface area contributed by atoms with Crippen LogP contribution in [-0.2, 0) is 14.8 Å². The van der Waals surface area contributed by atoms with Gasteiger partial charge in [-0.3, -0.25) is 4.79 Å². The van der Waals surface area contributed by atoms with Gasteiger partial charge in [0.1, 0.15) is 11.8 Å². The molecule has 0 bridgehead atoms. The van der Waals surface area contributed by atoms with Crippen LogP contribution in [0.3, 0.4) is 0 Å². The first-order valence-corrected chi connectivity index (χ1v) is 9.02. The lowest BCUT2D eigenvalue weighted by molar-refractivity contribution is -0.125. The zero-order valence-electron chi connectivity index (χ0n) is 14.3. The summed E-state index contributed by atoms with van der Waals surface area (Å²) in [6, 6.07) is 4.35. The van der Waals surface area contributed by atoms with Crippen LogP contribution >= 0.6 is 0 Å². The monoisotopic (exact) mass is 379 g/mol. The van der Waals surface area contributed by atoms with Gasteiger partial charge in [0.15, 0.2) is 0 Å². The molecule has 1 amide bonds. The summed E-state index contributed by atoms with van der Waals surface area (Å²) in [5, 5.41) is 2.03. The summed E-state index contributed by atoms with van der Waals surface area (Å²) in [7, 11) is -2.57. The van der Waals surface area contributed by atoms with Crippen LogP contribution in [0.2, 0.25) is 0 Å². The molecule has 0 spiro atoms. The van der Waals surface area contributed by atoms with Crippen molar-refractivity contribution in [2.75, 3.05) is 20.2 Å². The maximum atomic E-state index is 13.2. The lowest BCUT2D eigenvalue weighted by atomic mass is 10.1. The summed E-state index contributed by atoms with van der Waals surface area (Å²) >= 11 is 0. The Morgan fingerprint density at radius 2 is 1.84 bits per heavy atom. The number of nitrogens with one attached hydrogen (secondary N) is 2. The number of hydrogen-bond acceptors (Lipinski definition) is 5. The van der Waals surface area contributed by atoms with Crippen molar-refractivity contribution in [3.63, 3.8) is 0 Å². The number of carbonyl (C=O) groups excluding carboxylic acids is 1. The van der Waals surface area contributed by atoms with Gasteiger partial charge in [-0.15, -0.1) is 0 Å². The molecule has 0 aromatic heterocycles. The van der Waals surface area contributed by atoms with E-state index in [4.69, 9.17) is 10.5 Å². The van der Waals surface area contributed by atoms with Gasteiger partial charge in [0, 0.05) is 0 Å². The third kappa shape index (κ3) is 6.22. The van der Waals surface area contributed by atoms with E-state index in [0.29, 0.717) is 5.75 Å². The van der Waals surface area contributed by atoms with Crippen molar-refractivity contribution in [2.24, 2.45) is 11.7 Å². The van der Waals surface area contributed by atoms with Crippen LogP contribution in [0, 0.1) is 5.92 Å². The molecule has 0 heterocycles. The summed E-state index contributed by atoms with van der Waals surface area (Å²) in [4.78, 5) is 12.1. The summed E-state index contributed by atoms with van der Waals surface area (Å²) < 4.78 is 58.3. The van der Waals surface area contributed by atoms with Gasteiger partial charge in [0.2, 0.25) is 15.9 Å². The minimum absolute atomic E-state index is 0.0703. The number of ether oxygens (including phenoxy) is 1. The van der Waals surface area contributed by atoms with Crippen LogP contribution in [0.15, 0.2) is 29.2 Å². The third-order valence-corrected chi connectivity index (χ3v) is 4.88. The summed E-state index contributed by atoms with van der Waals surface area (Å²) in [6.45, 7) is 1.32. The number of alkyl halides is 2. The molecule has 1 unspecified atom stereocenters. The molecule has 0 radical (unpaired) electrons. The van der Waals surface area contributed by atoms with E-state index in [1.165, 1.54) is 31.4 Å². The predicted octanol–water partition coefficient (Wildman–Crippen LogP) is 0.708. The second-order valence-electron chi connectivity index (χ2n) is 5.80. The quantitative estimate of drug-likeness (QED) is 0.585. The van der Waals surface area contributed by atoms with E-state index in [-0.39, 0.29) is 4.90 Å². The van der Waals surface area contributed by atoms with Gasteiger partial charge in [0.05, 0.1) is 25.1 Å². The molecular formula is C15H23F2N3O4S. The zero-order valence-corrected chi connectivity index (χ0v) is 15.1. The van der Waals surface area contributed by atoms with E-state index >= 15 is 0 Å². The normalized spacial score (nSPS) is 13.6. The molecule has 0 aliphatic rings. The SMILES string of the molecule is COc1ccc(S(=O)(=O)NC(C(=O)NCC(F)(F)CN)C(C)C)cc1. The highest BCUT2D eigenvalue weighted by molar-refractivity contribution is 7.89. The Morgan fingerprint density at radius 3 is 2.28 bits per heavy atom. The highest BCUT2D eigenvalue weighted by atomic mass is 32.2. The first kappa shape index (κ1) is 21.3. The predicted molar refractivity (Wildman–Crippen MR) is 89.0 cm³/mol. The summed E-state index contributed by atoms with van der Waals surface area (Å²) in [5.41, 5.74) is 4.91. The molecule has 4 N–H and O–H groups in total. The topological polar surface area (TPSA) is 111 Å². The van der Waals surface area contributed by atoms with Crippen LogP contribution in [-0.4, -0.2) is 46.5 Å². The van der Waals surface area contributed by atoms with Crippen LogP contribution < -0.4 is 20.5 Å². The minimum atomic E-state index is -4.01. The Balaban J connectivity index is 2.90. The van der Waals surface area contributed by atoms with E-state index in [1.807, 2.05) is 5.32 Å². The van der Waals surface area contributed by atoms with Crippen LogP contribution in [0.1, 0.15) is 13.8 Å². The molecule has 1 aromatic rings. The molecule has 0 saturated carbocycles. The lowest BCUT2D eigenvalue weighted by Gasteiger charge is -2.23. The number of carbonyl (C=O) groups is 1. The second-order valence-corrected chi connectivity index (χ2v) is 7.51. The van der Waals surface area contributed by atoms with Crippen molar-refractivity contribution in [2.45, 2.75) is 30.7 Å².